The van der Waals surface area contributed by atoms with E-state index in [0.29, 0.717) is 16.6 Å². The van der Waals surface area contributed by atoms with E-state index >= 15 is 0 Å². The molecule has 27 heavy (non-hydrogen) atoms. The van der Waals surface area contributed by atoms with Gasteiger partial charge in [0.25, 0.3) is 5.91 Å². The number of rotatable bonds is 5. The topological polar surface area (TPSA) is 78.6 Å². The number of amides is 1. The Labute approximate surface area is 166 Å². The molecule has 140 valence electrons. The SMILES string of the molecule is CN(Cc1ccc(Cl)c(Cl)c1)C(=O)c1cn(Cc2ccncc2)c(O)c1O. The van der Waals surface area contributed by atoms with Crippen molar-refractivity contribution in [1.29, 1.82) is 0 Å². The van der Waals surface area contributed by atoms with Crippen molar-refractivity contribution in [2.75, 3.05) is 7.05 Å². The van der Waals surface area contributed by atoms with E-state index in [1.54, 1.807) is 49.8 Å². The van der Waals surface area contributed by atoms with Gasteiger partial charge in [0.15, 0.2) is 5.75 Å². The first kappa shape index (κ1) is 19.1. The second kappa shape index (κ2) is 7.90. The summed E-state index contributed by atoms with van der Waals surface area (Å²) >= 11 is 11.9. The van der Waals surface area contributed by atoms with Crippen LogP contribution in [-0.4, -0.2) is 37.6 Å². The molecule has 1 aromatic carbocycles. The molecular weight excluding hydrogens is 389 g/mol. The molecule has 8 heteroatoms. The van der Waals surface area contributed by atoms with Gasteiger partial charge >= 0.3 is 0 Å². The van der Waals surface area contributed by atoms with Crippen molar-refractivity contribution >= 4 is 29.1 Å². The quantitative estimate of drug-likeness (QED) is 0.673. The Morgan fingerprint density at radius 2 is 1.81 bits per heavy atom. The average Bonchev–Trinajstić information content (AvgIpc) is 2.93. The summed E-state index contributed by atoms with van der Waals surface area (Å²) in [5.74, 6) is -1.24. The normalized spacial score (nSPS) is 10.8. The summed E-state index contributed by atoms with van der Waals surface area (Å²) in [5, 5.41) is 21.2. The van der Waals surface area contributed by atoms with Gasteiger partial charge in [-0.15, -0.1) is 0 Å². The van der Waals surface area contributed by atoms with Crippen LogP contribution in [0, 0.1) is 0 Å². The fourth-order valence-corrected chi connectivity index (χ4v) is 3.01. The number of benzene rings is 1. The molecule has 6 nitrogen and oxygen atoms in total. The number of hydrogen-bond acceptors (Lipinski definition) is 4. The Morgan fingerprint density at radius 3 is 2.48 bits per heavy atom. The third-order valence-corrected chi connectivity index (χ3v) is 4.85. The van der Waals surface area contributed by atoms with E-state index in [9.17, 15) is 15.0 Å². The largest absolute Gasteiger partial charge is 0.503 e. The minimum atomic E-state index is -0.449. The van der Waals surface area contributed by atoms with E-state index in [1.807, 2.05) is 0 Å². The lowest BCUT2D eigenvalue weighted by atomic mass is 10.2. The van der Waals surface area contributed by atoms with Gasteiger partial charge in [-0.25, -0.2) is 0 Å². The highest BCUT2D eigenvalue weighted by Gasteiger charge is 2.23. The van der Waals surface area contributed by atoms with E-state index < -0.39 is 11.7 Å². The third-order valence-electron chi connectivity index (χ3n) is 4.11. The first-order valence-electron chi connectivity index (χ1n) is 8.06. The number of carbonyl (C=O) groups is 1. The lowest BCUT2D eigenvalue weighted by Gasteiger charge is -2.17. The van der Waals surface area contributed by atoms with Gasteiger partial charge in [-0.3, -0.25) is 9.78 Å². The molecule has 3 aromatic rings. The molecule has 2 aromatic heterocycles. The van der Waals surface area contributed by atoms with Gasteiger partial charge in [-0.2, -0.15) is 0 Å². The first-order chi connectivity index (χ1) is 12.9. The summed E-state index contributed by atoms with van der Waals surface area (Å²) < 4.78 is 1.41. The van der Waals surface area contributed by atoms with Gasteiger partial charge in [0.1, 0.15) is 5.56 Å². The van der Waals surface area contributed by atoms with E-state index in [0.717, 1.165) is 11.1 Å². The molecule has 0 atom stereocenters. The molecule has 2 heterocycles. The third kappa shape index (κ3) is 4.18. The molecule has 0 spiro atoms. The molecule has 0 bridgehead atoms. The maximum Gasteiger partial charge on any atom is 0.259 e. The van der Waals surface area contributed by atoms with Crippen LogP contribution in [0.2, 0.25) is 10.0 Å². The van der Waals surface area contributed by atoms with Crippen LogP contribution in [0.4, 0.5) is 0 Å². The molecular formula is C19H17Cl2N3O3. The summed E-state index contributed by atoms with van der Waals surface area (Å²) in [6, 6.07) is 8.68. The van der Waals surface area contributed by atoms with Crippen molar-refractivity contribution in [1.82, 2.24) is 14.5 Å². The summed E-state index contributed by atoms with van der Waals surface area (Å²) in [7, 11) is 1.60. The van der Waals surface area contributed by atoms with Gasteiger partial charge < -0.3 is 19.7 Å². The van der Waals surface area contributed by atoms with E-state index in [4.69, 9.17) is 23.2 Å². The van der Waals surface area contributed by atoms with Crippen LogP contribution in [0.1, 0.15) is 21.5 Å². The minimum absolute atomic E-state index is 0.0177. The molecule has 0 aliphatic carbocycles. The number of hydrogen-bond donors (Lipinski definition) is 2. The number of halogens is 2. The zero-order valence-corrected chi connectivity index (χ0v) is 15.9. The van der Waals surface area contributed by atoms with Crippen LogP contribution < -0.4 is 0 Å². The van der Waals surface area contributed by atoms with E-state index in [-0.39, 0.29) is 18.0 Å². The maximum atomic E-state index is 12.7. The van der Waals surface area contributed by atoms with E-state index in [1.165, 1.54) is 15.7 Å². The lowest BCUT2D eigenvalue weighted by Crippen LogP contribution is -2.26. The van der Waals surface area contributed by atoms with Crippen LogP contribution in [0.15, 0.2) is 48.9 Å². The van der Waals surface area contributed by atoms with Gasteiger partial charge in [-0.05, 0) is 35.4 Å². The summed E-state index contributed by atoms with van der Waals surface area (Å²) in [5.41, 5.74) is 1.68. The highest BCUT2D eigenvalue weighted by atomic mass is 35.5. The second-order valence-electron chi connectivity index (χ2n) is 6.11. The Balaban J connectivity index is 1.79. The number of aromatic hydroxyl groups is 2. The smallest absolute Gasteiger partial charge is 0.259 e. The Morgan fingerprint density at radius 1 is 1.11 bits per heavy atom. The van der Waals surface area contributed by atoms with Crippen LogP contribution >= 0.6 is 23.2 Å². The van der Waals surface area contributed by atoms with Gasteiger partial charge in [0.05, 0.1) is 16.6 Å². The summed E-state index contributed by atoms with van der Waals surface area (Å²) in [6.07, 6.45) is 4.69. The fraction of sp³-hybridized carbons (Fsp3) is 0.158. The van der Waals surface area contributed by atoms with Crippen molar-refractivity contribution in [3.63, 3.8) is 0 Å². The highest BCUT2D eigenvalue weighted by molar-refractivity contribution is 6.42. The molecule has 1 amide bonds. The second-order valence-corrected chi connectivity index (χ2v) is 6.92. The van der Waals surface area contributed by atoms with Crippen LogP contribution in [0.5, 0.6) is 11.6 Å². The van der Waals surface area contributed by atoms with Crippen molar-refractivity contribution in [3.05, 3.63) is 75.7 Å². The van der Waals surface area contributed by atoms with Gasteiger partial charge in [-0.1, -0.05) is 29.3 Å². The van der Waals surface area contributed by atoms with Gasteiger partial charge in [0, 0.05) is 32.2 Å². The molecule has 0 aliphatic rings. The monoisotopic (exact) mass is 405 g/mol. The van der Waals surface area contributed by atoms with Crippen molar-refractivity contribution in [3.8, 4) is 11.6 Å². The Kier molecular flexibility index (Phi) is 5.58. The molecule has 0 unspecified atom stereocenters. The summed E-state index contributed by atoms with van der Waals surface area (Å²) in [6.45, 7) is 0.567. The molecule has 0 fully saturated rings. The number of aromatic nitrogens is 2. The van der Waals surface area contributed by atoms with Crippen LogP contribution in [0.3, 0.4) is 0 Å². The van der Waals surface area contributed by atoms with Gasteiger partial charge in [0.2, 0.25) is 5.88 Å². The molecule has 2 N–H and O–H groups in total. The number of carbonyl (C=O) groups excluding carboxylic acids is 1. The average molecular weight is 406 g/mol. The van der Waals surface area contributed by atoms with Crippen molar-refractivity contribution < 1.29 is 15.0 Å². The molecule has 0 aliphatic heterocycles. The zero-order valence-electron chi connectivity index (χ0n) is 14.4. The number of pyridine rings is 1. The molecule has 3 rings (SSSR count). The summed E-state index contributed by atoms with van der Waals surface area (Å²) in [4.78, 5) is 18.1. The standard InChI is InChI=1S/C19H17Cl2N3O3/c1-23(9-13-2-3-15(20)16(21)8-13)18(26)14-11-24(19(27)17(14)25)10-12-4-6-22-7-5-12/h2-8,11,25,27H,9-10H2,1H3. The maximum absolute atomic E-state index is 12.7. The molecule has 0 saturated carbocycles. The Bertz CT molecular complexity index is 974. The zero-order chi connectivity index (χ0) is 19.6. The first-order valence-corrected chi connectivity index (χ1v) is 8.81. The van der Waals surface area contributed by atoms with Crippen LogP contribution in [-0.2, 0) is 13.1 Å². The predicted molar refractivity (Wildman–Crippen MR) is 103 cm³/mol. The molecule has 0 saturated heterocycles. The number of nitrogens with zero attached hydrogens (tertiary/aromatic N) is 3. The molecule has 0 radical (unpaired) electrons. The van der Waals surface area contributed by atoms with Crippen molar-refractivity contribution in [2.24, 2.45) is 0 Å². The lowest BCUT2D eigenvalue weighted by molar-refractivity contribution is 0.0782. The fourth-order valence-electron chi connectivity index (χ4n) is 2.69. The van der Waals surface area contributed by atoms with Crippen molar-refractivity contribution in [2.45, 2.75) is 13.1 Å². The highest BCUT2D eigenvalue weighted by Crippen LogP contribution is 2.33. The van der Waals surface area contributed by atoms with Crippen LogP contribution in [0.25, 0.3) is 0 Å². The minimum Gasteiger partial charge on any atom is -0.503 e. The predicted octanol–water partition coefficient (Wildman–Crippen LogP) is 3.92. The van der Waals surface area contributed by atoms with E-state index in [2.05, 4.69) is 4.98 Å². The Hall–Kier alpha value is -2.70.